The Hall–Kier alpha value is -4.33. The number of carbonyl (C=O) groups is 3. The number of unbranched alkanes of at least 4 members (excludes halogenated alkanes) is 4. The van der Waals surface area contributed by atoms with Crippen LogP contribution < -0.4 is 21.3 Å². The molecule has 0 radical (unpaired) electrons. The van der Waals surface area contributed by atoms with Crippen LogP contribution in [0.1, 0.15) is 146 Å². The number of aryl methyl sites for hydroxylation is 1. The minimum Gasteiger partial charge on any atom is -0.453 e. The normalized spacial score (nSPS) is 29.1. The fourth-order valence-electron chi connectivity index (χ4n) is 14.9. The molecular weight excluding hydrogens is 1040 g/mol. The number of hydrogen-bond donors (Lipinski definition) is 7. The van der Waals surface area contributed by atoms with Crippen molar-refractivity contribution in [3.63, 3.8) is 0 Å². The molecule has 2 aromatic rings. The molecule has 19 heteroatoms. The fourth-order valence-corrected chi connectivity index (χ4v) is 15.4. The Morgan fingerprint density at radius 3 is 2.44 bits per heavy atom. The largest absolute Gasteiger partial charge is 0.524 e. The maximum absolute atomic E-state index is 15.5. The number of rotatable bonds is 29. The number of allylic oxidation sites excluding steroid dienone is 4. The summed E-state index contributed by atoms with van der Waals surface area (Å²) in [4.78, 5) is 66.9. The minimum absolute atomic E-state index is 0.00201. The fraction of sp³-hybridized carbons (Fsp3) is 0.672. The van der Waals surface area contributed by atoms with Gasteiger partial charge >= 0.3 is 13.8 Å². The van der Waals surface area contributed by atoms with E-state index in [0.29, 0.717) is 36.9 Å². The smallest absolute Gasteiger partial charge is 0.453 e. The molecule has 442 valence electrons. The Morgan fingerprint density at radius 1 is 0.963 bits per heavy atom. The quantitative estimate of drug-likeness (QED) is 0.0104. The molecule has 5 unspecified atom stereocenters. The summed E-state index contributed by atoms with van der Waals surface area (Å²) in [5.74, 6) is -1.54. The summed E-state index contributed by atoms with van der Waals surface area (Å²) >= 11 is 0. The van der Waals surface area contributed by atoms with Gasteiger partial charge in [-0.25, -0.2) is 9.36 Å². The number of phosphoric acid groups is 1. The summed E-state index contributed by atoms with van der Waals surface area (Å²) in [5.41, 5.74) is 11.6. The molecule has 80 heavy (non-hydrogen) atoms. The standard InChI is InChI=1S/C61H90N5O13P/c1-59-29-28-46(67)35-45(59)25-26-47-48-36-54-61(60(48,2)37-50(68)55(47)59,78-57(77-54)42-21-11-8-12-22-42)53(70)40-76-56(71)49(23-17-31-65-58(62)63)66(3,4)39-44-34-43(24-27-52(44)79-80(72,73)74)51(69)38-64-30-14-5-6-15-32-75-33-16-13-20-41-18-9-7-10-19-41/h7,9-10,18-19,24,27-29,34-35,42,47-51,54-55,57,64,68-69H,5-6,8,11-17,20-23,25-26,30-33,36-40H2,1-4H3,(H5-,62,63,65,72,73,74)/p+1/t47?,48?,49-,50?,51?,54+,55?,57+,59-,60-,61+/m0/s1. The molecule has 11 atom stereocenters. The van der Waals surface area contributed by atoms with Gasteiger partial charge in [-0.05, 0) is 131 Å². The Kier molecular flexibility index (Phi) is 20.8. The second-order valence-corrected chi connectivity index (χ2v) is 25.9. The van der Waals surface area contributed by atoms with Crippen molar-refractivity contribution in [3.8, 4) is 5.75 Å². The molecule has 6 aliphatic rings. The number of nitrogens with zero attached hydrogens (tertiary/aromatic N) is 2. The van der Waals surface area contributed by atoms with E-state index in [2.05, 4.69) is 48.4 Å². The van der Waals surface area contributed by atoms with E-state index < -0.39 is 73.3 Å². The topological polar surface area (TPSA) is 272 Å². The zero-order valence-corrected chi connectivity index (χ0v) is 48.6. The number of guanidine groups is 1. The molecule has 4 saturated carbocycles. The number of Topliss-reactive ketones (excluding diaryl/α,β-unsaturated/α-hetero) is 1. The first-order chi connectivity index (χ1) is 38.1. The number of aliphatic hydroxyl groups is 2. The number of benzene rings is 2. The number of aliphatic hydroxyl groups excluding tert-OH is 2. The average Bonchev–Trinajstić information content (AvgIpc) is 3.11. The highest BCUT2D eigenvalue weighted by molar-refractivity contribution is 7.46. The number of likely N-dealkylation sites (N-methyl/N-ethyl adjacent to an activating group) is 1. The summed E-state index contributed by atoms with van der Waals surface area (Å²) in [7, 11) is -1.50. The molecule has 1 heterocycles. The Bertz CT molecular complexity index is 2580. The molecule has 18 nitrogen and oxygen atoms in total. The second-order valence-electron chi connectivity index (χ2n) is 24.8. The highest BCUT2D eigenvalue weighted by Crippen LogP contribution is 2.70. The maximum Gasteiger partial charge on any atom is 0.524 e. The number of nitrogens with two attached hydrogens (primary N) is 2. The molecule has 1 saturated heterocycles. The lowest BCUT2D eigenvalue weighted by molar-refractivity contribution is -0.920. The van der Waals surface area contributed by atoms with Gasteiger partial charge in [0.1, 0.15) is 12.3 Å². The van der Waals surface area contributed by atoms with E-state index in [1.165, 1.54) is 11.6 Å². The van der Waals surface area contributed by atoms with Crippen LogP contribution in [0.4, 0.5) is 0 Å². The van der Waals surface area contributed by atoms with Crippen LogP contribution in [0.25, 0.3) is 0 Å². The summed E-state index contributed by atoms with van der Waals surface area (Å²) < 4.78 is 43.5. The first kappa shape index (κ1) is 61.7. The lowest BCUT2D eigenvalue weighted by Crippen LogP contribution is -2.64. The van der Waals surface area contributed by atoms with E-state index in [1.54, 1.807) is 38.4 Å². The Morgan fingerprint density at radius 2 is 1.70 bits per heavy atom. The van der Waals surface area contributed by atoms with Crippen molar-refractivity contribution >= 4 is 31.3 Å². The van der Waals surface area contributed by atoms with Gasteiger partial charge in [-0.2, -0.15) is 0 Å². The van der Waals surface area contributed by atoms with Gasteiger partial charge in [0.15, 0.2) is 36.3 Å². The Labute approximate surface area is 473 Å². The number of quaternary nitrogens is 1. The molecule has 1 aliphatic heterocycles. The van der Waals surface area contributed by atoms with Crippen molar-refractivity contribution < 1.29 is 66.9 Å². The van der Waals surface area contributed by atoms with E-state index in [0.717, 1.165) is 102 Å². The number of ether oxygens (including phenoxy) is 4. The van der Waals surface area contributed by atoms with Crippen LogP contribution in [0.2, 0.25) is 0 Å². The van der Waals surface area contributed by atoms with Crippen LogP contribution in [0.5, 0.6) is 5.75 Å². The summed E-state index contributed by atoms with van der Waals surface area (Å²) in [6, 6.07) is 14.1. The van der Waals surface area contributed by atoms with Gasteiger partial charge in [0, 0.05) is 61.0 Å². The van der Waals surface area contributed by atoms with E-state index in [9.17, 15) is 34.2 Å². The zero-order chi connectivity index (χ0) is 57.3. The summed E-state index contributed by atoms with van der Waals surface area (Å²) in [6.45, 7) is 6.15. The third kappa shape index (κ3) is 14.3. The number of fused-ring (bicyclic) bond motifs is 7. The SMILES string of the molecule is C[C@]12C=CC(=O)C=C1CCC1C2C(O)C[C@@]2(C)C1C[C@H]1O[C@@H](C3CCCCC3)O[C@]12C(=O)COC(=O)[C@H](CCCN=C(N)N)[N+](C)(C)Cc1cc(C(O)CNCCCCCCOCCCCc2ccccc2)ccc1OP(=O)(O)O. The van der Waals surface area contributed by atoms with Crippen LogP contribution in [0, 0.1) is 34.5 Å². The average molecular weight is 1130 g/mol. The molecule has 5 aliphatic carbocycles. The highest BCUT2D eigenvalue weighted by atomic mass is 31.2. The van der Waals surface area contributed by atoms with Crippen LogP contribution >= 0.6 is 7.82 Å². The summed E-state index contributed by atoms with van der Waals surface area (Å²) in [5, 5.41) is 27.1. The van der Waals surface area contributed by atoms with Crippen molar-refractivity contribution in [3.05, 3.63) is 89.0 Å². The van der Waals surface area contributed by atoms with Gasteiger partial charge in [0.25, 0.3) is 0 Å². The van der Waals surface area contributed by atoms with Gasteiger partial charge in [-0.1, -0.05) is 94.0 Å². The van der Waals surface area contributed by atoms with E-state index in [4.69, 9.17) is 34.9 Å². The van der Waals surface area contributed by atoms with E-state index >= 15 is 4.79 Å². The molecule has 5 fully saturated rings. The molecule has 0 spiro atoms. The minimum atomic E-state index is -5.06. The molecule has 2 aromatic carbocycles. The van der Waals surface area contributed by atoms with Crippen molar-refractivity contribution in [2.75, 3.05) is 53.6 Å². The van der Waals surface area contributed by atoms with Gasteiger partial charge < -0.3 is 55.0 Å². The first-order valence-corrected chi connectivity index (χ1v) is 31.1. The number of phosphoric ester groups is 1. The third-order valence-corrected chi connectivity index (χ3v) is 19.4. The molecule has 0 amide bonds. The number of aliphatic imine (C=N–C) groups is 1. The summed E-state index contributed by atoms with van der Waals surface area (Å²) in [6.07, 6.45) is 17.2. The number of carbonyl (C=O) groups excluding carboxylic acids is 3. The number of esters is 1. The monoisotopic (exact) mass is 1130 g/mol. The number of ketones is 2. The highest BCUT2D eigenvalue weighted by Gasteiger charge is 2.76. The predicted molar refractivity (Wildman–Crippen MR) is 304 cm³/mol. The third-order valence-electron chi connectivity index (χ3n) is 18.9. The lowest BCUT2D eigenvalue weighted by atomic mass is 9.46. The van der Waals surface area contributed by atoms with Crippen molar-refractivity contribution in [2.45, 2.75) is 172 Å². The molecule has 0 bridgehead atoms. The van der Waals surface area contributed by atoms with Crippen LogP contribution in [-0.4, -0.2) is 132 Å². The lowest BCUT2D eigenvalue weighted by Gasteiger charge is -2.59. The van der Waals surface area contributed by atoms with E-state index in [-0.39, 0.29) is 78.1 Å². The van der Waals surface area contributed by atoms with Crippen molar-refractivity contribution in [1.82, 2.24) is 5.32 Å². The molecule has 0 aromatic heterocycles. The first-order valence-electron chi connectivity index (χ1n) is 29.6. The number of hydrogen-bond acceptors (Lipinski definition) is 13. The van der Waals surface area contributed by atoms with Crippen LogP contribution in [0.15, 0.2) is 77.3 Å². The molecule has 8 rings (SSSR count). The van der Waals surface area contributed by atoms with Gasteiger partial charge in [0.05, 0.1) is 32.4 Å². The van der Waals surface area contributed by atoms with Crippen LogP contribution in [-0.2, 0) is 50.9 Å². The predicted octanol–water partition coefficient (Wildman–Crippen LogP) is 7.44. The number of nitrogens with one attached hydrogen (secondary N) is 1. The Balaban J connectivity index is 0.928. The van der Waals surface area contributed by atoms with Gasteiger partial charge in [0.2, 0.25) is 5.78 Å². The van der Waals surface area contributed by atoms with Crippen LogP contribution in [0.3, 0.4) is 0 Å². The van der Waals surface area contributed by atoms with Crippen molar-refractivity contribution in [2.24, 2.45) is 51.0 Å². The molecular formula is C61H91N5O13P+. The van der Waals surface area contributed by atoms with Gasteiger partial charge in [-0.3, -0.25) is 24.4 Å². The van der Waals surface area contributed by atoms with Crippen molar-refractivity contribution in [1.29, 1.82) is 0 Å². The van der Waals surface area contributed by atoms with Gasteiger partial charge in [-0.15, -0.1) is 0 Å². The molecule has 9 N–H and O–H groups in total. The van der Waals surface area contributed by atoms with E-state index in [1.807, 2.05) is 12.1 Å². The zero-order valence-electron chi connectivity index (χ0n) is 47.7. The maximum atomic E-state index is 15.5. The second kappa shape index (κ2) is 26.9.